The number of halogens is 1. The average molecular weight is 255 g/mol. The fraction of sp³-hybridized carbons (Fsp3) is 0.538. The van der Waals surface area contributed by atoms with Crippen LogP contribution in [0, 0.1) is 0 Å². The van der Waals surface area contributed by atoms with Gasteiger partial charge in [0.25, 0.3) is 0 Å². The summed E-state index contributed by atoms with van der Waals surface area (Å²) in [6.07, 6.45) is 0. The first-order valence-electron chi connectivity index (χ1n) is 6.08. The number of nitrogens with zero attached hydrogens (tertiary/aromatic N) is 2. The lowest BCUT2D eigenvalue weighted by Crippen LogP contribution is -2.46. The van der Waals surface area contributed by atoms with Crippen LogP contribution < -0.4 is 0 Å². The fourth-order valence-corrected chi connectivity index (χ4v) is 2.38. The molecule has 0 spiro atoms. The molecule has 1 aliphatic rings. The topological polar surface area (TPSA) is 26.7 Å². The minimum absolute atomic E-state index is 0.254. The Labute approximate surface area is 108 Å². The Morgan fingerprint density at radius 2 is 1.71 bits per heavy atom. The minimum atomic E-state index is 0.254. The number of aliphatic hydroxyl groups excluding tert-OH is 1. The van der Waals surface area contributed by atoms with Crippen LogP contribution >= 0.6 is 11.6 Å². The molecule has 1 heterocycles. The zero-order valence-corrected chi connectivity index (χ0v) is 10.7. The van der Waals surface area contributed by atoms with E-state index in [2.05, 4.69) is 15.9 Å². The predicted molar refractivity (Wildman–Crippen MR) is 70.3 cm³/mol. The second-order valence-corrected chi connectivity index (χ2v) is 4.84. The molecule has 0 radical (unpaired) electrons. The number of hydrogen-bond donors (Lipinski definition) is 1. The third kappa shape index (κ3) is 3.68. The molecule has 1 N–H and O–H groups in total. The molecule has 1 fully saturated rings. The van der Waals surface area contributed by atoms with Crippen LogP contribution in [0.5, 0.6) is 0 Å². The normalized spacial score (nSPS) is 18.5. The van der Waals surface area contributed by atoms with Crippen molar-refractivity contribution in [2.75, 3.05) is 39.3 Å². The van der Waals surface area contributed by atoms with E-state index >= 15 is 0 Å². The van der Waals surface area contributed by atoms with Crippen molar-refractivity contribution in [3.8, 4) is 0 Å². The van der Waals surface area contributed by atoms with Crippen LogP contribution in [0.15, 0.2) is 24.3 Å². The van der Waals surface area contributed by atoms with Gasteiger partial charge < -0.3 is 5.11 Å². The molecule has 3 nitrogen and oxygen atoms in total. The Balaban J connectivity index is 1.84. The number of β-amino-alcohol motifs (C(OH)–C–C–N with tert-alkyl or cyclic N) is 1. The Kier molecular flexibility index (Phi) is 4.80. The monoisotopic (exact) mass is 254 g/mol. The molecular formula is C13H19ClN2O. The maximum atomic E-state index is 8.88. The van der Waals surface area contributed by atoms with Gasteiger partial charge in [-0.05, 0) is 11.6 Å². The molecule has 94 valence electrons. The van der Waals surface area contributed by atoms with Crippen molar-refractivity contribution < 1.29 is 5.11 Å². The Hall–Kier alpha value is -0.610. The van der Waals surface area contributed by atoms with E-state index in [1.165, 1.54) is 5.56 Å². The van der Waals surface area contributed by atoms with Crippen LogP contribution in [0.1, 0.15) is 5.56 Å². The third-order valence-electron chi connectivity index (χ3n) is 3.23. The Morgan fingerprint density at radius 3 is 2.35 bits per heavy atom. The van der Waals surface area contributed by atoms with Gasteiger partial charge in [-0.15, -0.1) is 0 Å². The highest BCUT2D eigenvalue weighted by atomic mass is 35.5. The number of piperazine rings is 1. The van der Waals surface area contributed by atoms with Gasteiger partial charge in [0.2, 0.25) is 0 Å². The lowest BCUT2D eigenvalue weighted by atomic mass is 10.2. The highest BCUT2D eigenvalue weighted by Crippen LogP contribution is 2.17. The van der Waals surface area contributed by atoms with E-state index in [4.69, 9.17) is 16.7 Å². The fourth-order valence-electron chi connectivity index (χ4n) is 2.18. The summed E-state index contributed by atoms with van der Waals surface area (Å²) in [5, 5.41) is 9.74. The number of benzene rings is 1. The highest BCUT2D eigenvalue weighted by molar-refractivity contribution is 6.31. The first kappa shape index (κ1) is 12.8. The first-order valence-corrected chi connectivity index (χ1v) is 6.46. The quantitative estimate of drug-likeness (QED) is 0.881. The SMILES string of the molecule is OCCN1CCN(Cc2ccccc2Cl)CC1. The van der Waals surface area contributed by atoms with Gasteiger partial charge in [-0.3, -0.25) is 9.80 Å². The summed E-state index contributed by atoms with van der Waals surface area (Å²) in [7, 11) is 0. The van der Waals surface area contributed by atoms with Gasteiger partial charge in [0.1, 0.15) is 0 Å². The number of hydrogen-bond acceptors (Lipinski definition) is 3. The van der Waals surface area contributed by atoms with E-state index in [9.17, 15) is 0 Å². The van der Waals surface area contributed by atoms with Gasteiger partial charge in [-0.1, -0.05) is 29.8 Å². The van der Waals surface area contributed by atoms with E-state index in [0.29, 0.717) is 0 Å². The lowest BCUT2D eigenvalue weighted by Gasteiger charge is -2.34. The van der Waals surface area contributed by atoms with Crippen LogP contribution in [-0.2, 0) is 6.54 Å². The number of rotatable bonds is 4. The van der Waals surface area contributed by atoms with E-state index in [0.717, 1.165) is 44.3 Å². The van der Waals surface area contributed by atoms with E-state index < -0.39 is 0 Å². The van der Waals surface area contributed by atoms with E-state index in [-0.39, 0.29) is 6.61 Å². The van der Waals surface area contributed by atoms with Crippen LogP contribution in [0.25, 0.3) is 0 Å². The van der Waals surface area contributed by atoms with Gasteiger partial charge in [0, 0.05) is 44.3 Å². The summed E-state index contributed by atoms with van der Waals surface area (Å²) in [6, 6.07) is 8.02. The van der Waals surface area contributed by atoms with Crippen LogP contribution in [0.2, 0.25) is 5.02 Å². The predicted octanol–water partition coefficient (Wildman–Crippen LogP) is 1.45. The second-order valence-electron chi connectivity index (χ2n) is 4.43. The molecule has 17 heavy (non-hydrogen) atoms. The summed E-state index contributed by atoms with van der Waals surface area (Å²) in [6.45, 7) is 6.13. The third-order valence-corrected chi connectivity index (χ3v) is 3.60. The van der Waals surface area contributed by atoms with Crippen molar-refractivity contribution >= 4 is 11.6 Å². The Bertz CT molecular complexity index is 351. The summed E-state index contributed by atoms with van der Waals surface area (Å²) in [5.41, 5.74) is 1.20. The molecule has 0 atom stereocenters. The first-order chi connectivity index (χ1) is 8.29. The molecule has 1 saturated heterocycles. The standard InChI is InChI=1S/C13H19ClN2O/c14-13-4-2-1-3-12(13)11-16-7-5-15(6-8-16)9-10-17/h1-4,17H,5-11H2. The van der Waals surface area contributed by atoms with Crippen LogP contribution in [0.4, 0.5) is 0 Å². The van der Waals surface area contributed by atoms with Gasteiger partial charge in [-0.25, -0.2) is 0 Å². The highest BCUT2D eigenvalue weighted by Gasteiger charge is 2.16. The molecule has 4 heteroatoms. The average Bonchev–Trinajstić information content (AvgIpc) is 2.35. The van der Waals surface area contributed by atoms with Crippen LogP contribution in [-0.4, -0.2) is 54.2 Å². The van der Waals surface area contributed by atoms with Crippen molar-refractivity contribution in [1.29, 1.82) is 0 Å². The molecule has 1 aromatic rings. The molecule has 1 aromatic carbocycles. The zero-order chi connectivity index (χ0) is 12.1. The molecule has 0 aromatic heterocycles. The van der Waals surface area contributed by atoms with Gasteiger partial charge in [-0.2, -0.15) is 0 Å². The second kappa shape index (κ2) is 6.36. The van der Waals surface area contributed by atoms with E-state index in [1.54, 1.807) is 0 Å². The molecule has 0 bridgehead atoms. The van der Waals surface area contributed by atoms with Crippen molar-refractivity contribution in [1.82, 2.24) is 9.80 Å². The molecule has 0 amide bonds. The van der Waals surface area contributed by atoms with Crippen molar-refractivity contribution in [2.24, 2.45) is 0 Å². The van der Waals surface area contributed by atoms with Crippen molar-refractivity contribution in [3.05, 3.63) is 34.9 Å². The summed E-state index contributed by atoms with van der Waals surface area (Å²) >= 11 is 6.15. The van der Waals surface area contributed by atoms with Crippen LogP contribution in [0.3, 0.4) is 0 Å². The summed E-state index contributed by atoms with van der Waals surface area (Å²) in [4.78, 5) is 4.71. The largest absolute Gasteiger partial charge is 0.395 e. The minimum Gasteiger partial charge on any atom is -0.395 e. The van der Waals surface area contributed by atoms with Gasteiger partial charge in [0.15, 0.2) is 0 Å². The lowest BCUT2D eigenvalue weighted by molar-refractivity contribution is 0.108. The zero-order valence-electron chi connectivity index (χ0n) is 9.98. The van der Waals surface area contributed by atoms with Gasteiger partial charge in [0.05, 0.1) is 6.61 Å². The number of aliphatic hydroxyl groups is 1. The van der Waals surface area contributed by atoms with Crippen molar-refractivity contribution in [2.45, 2.75) is 6.54 Å². The smallest absolute Gasteiger partial charge is 0.0558 e. The Morgan fingerprint density at radius 1 is 1.06 bits per heavy atom. The molecular weight excluding hydrogens is 236 g/mol. The molecule has 2 rings (SSSR count). The van der Waals surface area contributed by atoms with Crippen molar-refractivity contribution in [3.63, 3.8) is 0 Å². The maximum absolute atomic E-state index is 8.88. The molecule has 0 aliphatic carbocycles. The van der Waals surface area contributed by atoms with Gasteiger partial charge >= 0.3 is 0 Å². The maximum Gasteiger partial charge on any atom is 0.0558 e. The molecule has 1 aliphatic heterocycles. The van der Waals surface area contributed by atoms with E-state index in [1.807, 2.05) is 18.2 Å². The molecule has 0 unspecified atom stereocenters. The molecule has 0 saturated carbocycles. The summed E-state index contributed by atoms with van der Waals surface area (Å²) in [5.74, 6) is 0. The summed E-state index contributed by atoms with van der Waals surface area (Å²) < 4.78 is 0.